The second kappa shape index (κ2) is 10.3. The Morgan fingerprint density at radius 2 is 1.94 bits per heavy atom. The summed E-state index contributed by atoms with van der Waals surface area (Å²) in [4.78, 5) is 24.8. The van der Waals surface area contributed by atoms with Crippen molar-refractivity contribution in [3.8, 4) is 5.75 Å². The lowest BCUT2D eigenvalue weighted by molar-refractivity contribution is -0.153. The average molecular weight is 476 g/mol. The van der Waals surface area contributed by atoms with Crippen LogP contribution in [0.2, 0.25) is 0 Å². The van der Waals surface area contributed by atoms with E-state index in [-0.39, 0.29) is 19.1 Å². The first-order valence-electron chi connectivity index (χ1n) is 10.4. The molecule has 33 heavy (non-hydrogen) atoms. The minimum absolute atomic E-state index is 0.191. The number of para-hydroxylation sites is 1. The van der Waals surface area contributed by atoms with Crippen molar-refractivity contribution in [2.45, 2.75) is 45.9 Å². The van der Waals surface area contributed by atoms with Crippen molar-refractivity contribution in [3.63, 3.8) is 0 Å². The van der Waals surface area contributed by atoms with Crippen LogP contribution in [0.25, 0.3) is 11.2 Å². The monoisotopic (exact) mass is 476 g/mol. The minimum Gasteiger partial charge on any atom is -0.462 e. The van der Waals surface area contributed by atoms with Gasteiger partial charge in [0.25, 0.3) is 0 Å². The molecule has 12 heteroatoms. The number of nitrogens with one attached hydrogen (secondary N) is 1. The maximum absolute atomic E-state index is 13.7. The van der Waals surface area contributed by atoms with Crippen LogP contribution in [-0.4, -0.2) is 50.1 Å². The number of imidazole rings is 1. The van der Waals surface area contributed by atoms with Crippen LogP contribution in [0.1, 0.15) is 27.7 Å². The van der Waals surface area contributed by atoms with Gasteiger partial charge in [-0.05, 0) is 39.8 Å². The third-order valence-corrected chi connectivity index (χ3v) is 6.39. The van der Waals surface area contributed by atoms with Gasteiger partial charge in [-0.25, -0.2) is 20.0 Å². The molecule has 0 bridgehead atoms. The fourth-order valence-electron chi connectivity index (χ4n) is 2.98. The number of hydrogen-bond acceptors (Lipinski definition) is 9. The second-order valence-corrected chi connectivity index (χ2v) is 10.2. The number of ether oxygens (including phenoxy) is 2. The first-order chi connectivity index (χ1) is 15.6. The van der Waals surface area contributed by atoms with Gasteiger partial charge in [-0.2, -0.15) is 0 Å². The Morgan fingerprint density at radius 1 is 1.21 bits per heavy atom. The van der Waals surface area contributed by atoms with Crippen LogP contribution in [-0.2, 0) is 25.4 Å². The zero-order chi connectivity index (χ0) is 24.1. The summed E-state index contributed by atoms with van der Waals surface area (Å²) in [6.07, 6.45) is 2.36. The molecule has 1 atom stereocenters. The maximum atomic E-state index is 13.7. The van der Waals surface area contributed by atoms with Gasteiger partial charge in [0.1, 0.15) is 29.5 Å². The number of nitrogens with zero attached hydrogens (tertiary/aromatic N) is 4. The molecule has 11 nitrogen and oxygen atoms in total. The third-order valence-electron chi connectivity index (χ3n) is 4.47. The molecule has 0 spiro atoms. The molecule has 0 radical (unpaired) electrons. The predicted octanol–water partition coefficient (Wildman–Crippen LogP) is 2.97. The fourth-order valence-corrected chi connectivity index (χ4v) is 4.91. The Hall–Kier alpha value is -3.01. The Kier molecular flexibility index (Phi) is 7.68. The van der Waals surface area contributed by atoms with Crippen LogP contribution in [0.5, 0.6) is 5.75 Å². The summed E-state index contributed by atoms with van der Waals surface area (Å²) in [5.41, 5.74) is 5.62. The van der Waals surface area contributed by atoms with Crippen molar-refractivity contribution in [1.29, 1.82) is 0 Å². The molecule has 1 unspecified atom stereocenters. The number of esters is 1. The topological polar surface area (TPSA) is 143 Å². The van der Waals surface area contributed by atoms with Crippen molar-refractivity contribution in [3.05, 3.63) is 43.0 Å². The summed E-state index contributed by atoms with van der Waals surface area (Å²) >= 11 is 0. The predicted molar refractivity (Wildman–Crippen MR) is 124 cm³/mol. The van der Waals surface area contributed by atoms with E-state index in [1.54, 1.807) is 62.9 Å². The molecule has 0 saturated heterocycles. The van der Waals surface area contributed by atoms with Gasteiger partial charge in [0.15, 0.2) is 11.5 Å². The molecule has 2 aromatic heterocycles. The molecule has 2 heterocycles. The summed E-state index contributed by atoms with van der Waals surface area (Å²) in [6, 6.07) is 8.69. The van der Waals surface area contributed by atoms with E-state index >= 15 is 0 Å². The molecule has 3 aromatic rings. The smallest absolute Gasteiger partial charge is 0.342 e. The van der Waals surface area contributed by atoms with E-state index in [2.05, 4.69) is 20.0 Å². The summed E-state index contributed by atoms with van der Waals surface area (Å²) in [7, 11) is -3.67. The number of anilines is 1. The summed E-state index contributed by atoms with van der Waals surface area (Å²) < 4.78 is 32.2. The van der Waals surface area contributed by atoms with Crippen LogP contribution in [0.4, 0.5) is 5.82 Å². The summed E-state index contributed by atoms with van der Waals surface area (Å²) in [5.74, 6) is 0.134. The molecular weight excluding hydrogens is 447 g/mol. The Morgan fingerprint density at radius 3 is 2.64 bits per heavy atom. The van der Waals surface area contributed by atoms with Gasteiger partial charge in [-0.3, -0.25) is 9.36 Å². The largest absolute Gasteiger partial charge is 0.462 e. The first kappa shape index (κ1) is 24.6. The number of hydrogen-bond donors (Lipinski definition) is 2. The highest BCUT2D eigenvalue weighted by Gasteiger charge is 2.39. The number of fused-ring (bicyclic) bond motifs is 1. The lowest BCUT2D eigenvalue weighted by atomic mass is 10.1. The van der Waals surface area contributed by atoms with Crippen molar-refractivity contribution >= 4 is 30.5 Å². The number of rotatable bonds is 11. The van der Waals surface area contributed by atoms with E-state index < -0.39 is 19.0 Å². The molecule has 0 fully saturated rings. The van der Waals surface area contributed by atoms with Crippen LogP contribution in [0.15, 0.2) is 43.0 Å². The number of aromatic nitrogens is 4. The van der Waals surface area contributed by atoms with Crippen molar-refractivity contribution < 1.29 is 23.4 Å². The Balaban J connectivity index is 1.69. The molecule has 0 amide bonds. The molecule has 3 rings (SSSR count). The molecule has 0 aliphatic carbocycles. The molecule has 0 aliphatic rings. The van der Waals surface area contributed by atoms with E-state index in [9.17, 15) is 9.36 Å². The van der Waals surface area contributed by atoms with E-state index in [4.69, 9.17) is 19.7 Å². The van der Waals surface area contributed by atoms with Gasteiger partial charge in [0.05, 0.1) is 19.0 Å². The maximum Gasteiger partial charge on any atom is 0.342 e. The van der Waals surface area contributed by atoms with E-state index in [0.717, 1.165) is 0 Å². The van der Waals surface area contributed by atoms with Crippen molar-refractivity contribution in [2.75, 3.05) is 18.7 Å². The number of nitrogens with two attached hydrogens (primary N) is 1. The molecule has 3 N–H and O–H groups in total. The lowest BCUT2D eigenvalue weighted by Gasteiger charge is -2.30. The zero-order valence-electron chi connectivity index (χ0n) is 19.1. The number of nitrogen functional groups attached to an aromatic ring is 1. The van der Waals surface area contributed by atoms with Gasteiger partial charge in [0, 0.05) is 6.54 Å². The number of benzene rings is 1. The zero-order valence-corrected chi connectivity index (χ0v) is 20.0. The highest BCUT2D eigenvalue weighted by Crippen LogP contribution is 2.45. The normalized spacial score (nSPS) is 13.7. The van der Waals surface area contributed by atoms with Crippen LogP contribution in [0.3, 0.4) is 0 Å². The third kappa shape index (κ3) is 6.50. The van der Waals surface area contributed by atoms with E-state index in [1.807, 2.05) is 6.07 Å². The van der Waals surface area contributed by atoms with E-state index in [1.165, 1.54) is 6.33 Å². The molecule has 178 valence electrons. The van der Waals surface area contributed by atoms with Gasteiger partial charge in [-0.15, -0.1) is 0 Å². The van der Waals surface area contributed by atoms with Gasteiger partial charge < -0.3 is 24.3 Å². The number of carbonyl (C=O) groups is 1. The SMILES string of the molecule is CC(C)OC(=O)C(C)(C)NP(=O)(COCCn1cnc2c(N)ncnc21)Oc1ccccc1. The first-order valence-corrected chi connectivity index (χ1v) is 12.2. The second-order valence-electron chi connectivity index (χ2n) is 8.18. The minimum atomic E-state index is -3.67. The molecule has 0 saturated carbocycles. The molecular formula is C21H29N6O5P. The van der Waals surface area contributed by atoms with Crippen molar-refractivity contribution in [2.24, 2.45) is 0 Å². The van der Waals surface area contributed by atoms with Gasteiger partial charge in [-0.1, -0.05) is 18.2 Å². The van der Waals surface area contributed by atoms with Gasteiger partial charge >= 0.3 is 13.5 Å². The van der Waals surface area contributed by atoms with Crippen molar-refractivity contribution in [1.82, 2.24) is 24.6 Å². The van der Waals surface area contributed by atoms with Crippen LogP contribution < -0.4 is 15.3 Å². The van der Waals surface area contributed by atoms with Crippen LogP contribution >= 0.6 is 7.52 Å². The van der Waals surface area contributed by atoms with Crippen LogP contribution in [0, 0.1) is 0 Å². The fraction of sp³-hybridized carbons (Fsp3) is 0.429. The molecule has 1 aromatic carbocycles. The standard InChI is InChI=1S/C21H29N6O5P/c1-15(2)31-20(28)21(3,4)26-33(29,32-16-8-6-5-7-9-16)14-30-11-10-27-13-25-17-18(22)23-12-24-19(17)27/h5-9,12-13,15H,10-11,14H2,1-4H3,(H,26,29)(H2,22,23,24). The lowest BCUT2D eigenvalue weighted by Crippen LogP contribution is -2.48. The summed E-state index contributed by atoms with van der Waals surface area (Å²) in [6.45, 7) is 7.24. The summed E-state index contributed by atoms with van der Waals surface area (Å²) in [5, 5.41) is 2.83. The molecule has 0 aliphatic heterocycles. The Bertz CT molecular complexity index is 1130. The highest BCUT2D eigenvalue weighted by molar-refractivity contribution is 7.57. The Labute approximate surface area is 192 Å². The average Bonchev–Trinajstić information content (AvgIpc) is 3.15. The highest BCUT2D eigenvalue weighted by atomic mass is 31.2. The number of carbonyl (C=O) groups excluding carboxylic acids is 1. The van der Waals surface area contributed by atoms with E-state index in [0.29, 0.717) is 29.3 Å². The van der Waals surface area contributed by atoms with Gasteiger partial charge in [0.2, 0.25) is 0 Å². The quantitative estimate of drug-likeness (QED) is 0.241.